The van der Waals surface area contributed by atoms with E-state index in [9.17, 15) is 22.8 Å². The lowest BCUT2D eigenvalue weighted by atomic mass is 10.1. The Labute approximate surface area is 203 Å². The molecule has 0 atom stereocenters. The molecule has 186 valence electrons. The fraction of sp³-hybridized carbons (Fsp3) is 0.200. The maximum absolute atomic E-state index is 13.3. The number of aromatic nitrogens is 3. The van der Waals surface area contributed by atoms with Gasteiger partial charge in [-0.3, -0.25) is 9.59 Å². The van der Waals surface area contributed by atoms with E-state index in [0.29, 0.717) is 22.6 Å². The number of pyridine rings is 1. The van der Waals surface area contributed by atoms with Crippen molar-refractivity contribution in [2.75, 3.05) is 12.4 Å². The molecule has 0 saturated heterocycles. The Morgan fingerprint density at radius 1 is 1.11 bits per heavy atom. The minimum absolute atomic E-state index is 0.0182. The molecule has 0 bridgehead atoms. The summed E-state index contributed by atoms with van der Waals surface area (Å²) in [7, 11) is 1.55. The quantitative estimate of drug-likeness (QED) is 0.408. The number of hydrogen-bond acceptors (Lipinski definition) is 6. The van der Waals surface area contributed by atoms with Crippen LogP contribution in [0.4, 0.5) is 18.9 Å². The standard InChI is InChI=1S/C25H21F3N4O4/c1-14-11-15(2)32(13-20(33)29-18-6-4-5-17(12-18)25(26,27)28)24(34)21(14)23-30-22(31-36-23)16-7-9-19(35-3)10-8-16/h4-12H,13H2,1-3H3,(H,29,33). The van der Waals surface area contributed by atoms with Crippen LogP contribution in [0, 0.1) is 13.8 Å². The van der Waals surface area contributed by atoms with Gasteiger partial charge in [-0.2, -0.15) is 18.2 Å². The monoisotopic (exact) mass is 498 g/mol. The molecule has 2 aromatic heterocycles. The molecular weight excluding hydrogens is 477 g/mol. The summed E-state index contributed by atoms with van der Waals surface area (Å²) in [6.07, 6.45) is -4.55. The zero-order valence-corrected chi connectivity index (χ0v) is 19.5. The molecule has 11 heteroatoms. The third-order valence-corrected chi connectivity index (χ3v) is 5.47. The van der Waals surface area contributed by atoms with Gasteiger partial charge in [-0.05, 0) is 67.9 Å². The van der Waals surface area contributed by atoms with Crippen LogP contribution in [0.5, 0.6) is 5.75 Å². The molecule has 8 nitrogen and oxygen atoms in total. The van der Waals surface area contributed by atoms with Crippen LogP contribution in [0.2, 0.25) is 0 Å². The lowest BCUT2D eigenvalue weighted by molar-refractivity contribution is -0.137. The molecule has 4 rings (SSSR count). The molecule has 2 aromatic carbocycles. The van der Waals surface area contributed by atoms with Gasteiger partial charge in [-0.25, -0.2) is 0 Å². The number of aryl methyl sites for hydroxylation is 2. The van der Waals surface area contributed by atoms with Crippen LogP contribution >= 0.6 is 0 Å². The molecule has 0 fully saturated rings. The van der Waals surface area contributed by atoms with Crippen LogP contribution in [-0.4, -0.2) is 27.7 Å². The summed E-state index contributed by atoms with van der Waals surface area (Å²) in [6.45, 7) is 2.92. The van der Waals surface area contributed by atoms with E-state index >= 15 is 0 Å². The van der Waals surface area contributed by atoms with E-state index in [4.69, 9.17) is 9.26 Å². The average Bonchev–Trinajstić information content (AvgIpc) is 3.31. The van der Waals surface area contributed by atoms with Gasteiger partial charge in [0.1, 0.15) is 17.9 Å². The highest BCUT2D eigenvalue weighted by molar-refractivity contribution is 5.90. The molecule has 0 aliphatic carbocycles. The predicted octanol–water partition coefficient (Wildman–Crippen LogP) is 4.85. The van der Waals surface area contributed by atoms with Crippen molar-refractivity contribution in [3.05, 3.63) is 81.8 Å². The number of ether oxygens (including phenoxy) is 1. The summed E-state index contributed by atoms with van der Waals surface area (Å²) in [6, 6.07) is 12.9. The van der Waals surface area contributed by atoms with Crippen LogP contribution in [0.1, 0.15) is 16.8 Å². The molecule has 4 aromatic rings. The fourth-order valence-electron chi connectivity index (χ4n) is 3.68. The van der Waals surface area contributed by atoms with Gasteiger partial charge in [0.15, 0.2) is 0 Å². The van der Waals surface area contributed by atoms with Gasteiger partial charge >= 0.3 is 6.18 Å². The minimum Gasteiger partial charge on any atom is -0.497 e. The van der Waals surface area contributed by atoms with Gasteiger partial charge in [0.05, 0.1) is 12.7 Å². The summed E-state index contributed by atoms with van der Waals surface area (Å²) in [5.74, 6) is 0.234. The van der Waals surface area contributed by atoms with E-state index in [1.165, 1.54) is 16.7 Å². The number of hydrogen-bond donors (Lipinski definition) is 1. The Bertz CT molecular complexity index is 1470. The van der Waals surface area contributed by atoms with Crippen LogP contribution in [-0.2, 0) is 17.5 Å². The number of halogens is 3. The van der Waals surface area contributed by atoms with Gasteiger partial charge in [0.2, 0.25) is 11.7 Å². The molecule has 1 amide bonds. The lowest BCUT2D eigenvalue weighted by Crippen LogP contribution is -2.30. The zero-order chi connectivity index (χ0) is 26.0. The van der Waals surface area contributed by atoms with Gasteiger partial charge in [0.25, 0.3) is 11.4 Å². The average molecular weight is 498 g/mol. The molecule has 0 radical (unpaired) electrons. The number of rotatable bonds is 6. The van der Waals surface area contributed by atoms with E-state index in [2.05, 4.69) is 15.5 Å². The second-order valence-corrected chi connectivity index (χ2v) is 8.01. The van der Waals surface area contributed by atoms with Crippen LogP contribution in [0.3, 0.4) is 0 Å². The SMILES string of the molecule is COc1ccc(-c2noc(-c3c(C)cc(C)n(CC(=O)Nc4cccc(C(F)(F)F)c4)c3=O)n2)cc1. The van der Waals surface area contributed by atoms with Gasteiger partial charge < -0.3 is 19.1 Å². The second kappa shape index (κ2) is 9.68. The molecule has 2 heterocycles. The van der Waals surface area contributed by atoms with Crippen molar-refractivity contribution in [3.8, 4) is 28.6 Å². The first kappa shape index (κ1) is 24.7. The Balaban J connectivity index is 1.61. The molecule has 1 N–H and O–H groups in total. The van der Waals surface area contributed by atoms with E-state index in [-0.39, 0.29) is 23.0 Å². The van der Waals surface area contributed by atoms with Crippen molar-refractivity contribution in [3.63, 3.8) is 0 Å². The Morgan fingerprint density at radius 2 is 1.83 bits per heavy atom. The number of carbonyl (C=O) groups is 1. The van der Waals surface area contributed by atoms with Gasteiger partial charge in [-0.15, -0.1) is 0 Å². The van der Waals surface area contributed by atoms with E-state index < -0.39 is 29.8 Å². The smallest absolute Gasteiger partial charge is 0.416 e. The number of nitrogens with zero attached hydrogens (tertiary/aromatic N) is 3. The Morgan fingerprint density at radius 3 is 2.50 bits per heavy atom. The van der Waals surface area contributed by atoms with E-state index in [1.54, 1.807) is 51.3 Å². The van der Waals surface area contributed by atoms with Gasteiger partial charge in [0, 0.05) is 16.9 Å². The van der Waals surface area contributed by atoms with Crippen molar-refractivity contribution in [1.29, 1.82) is 0 Å². The van der Waals surface area contributed by atoms with Crippen molar-refractivity contribution < 1.29 is 27.2 Å². The highest BCUT2D eigenvalue weighted by atomic mass is 19.4. The summed E-state index contributed by atoms with van der Waals surface area (Å²) in [5.41, 5.74) is 0.351. The molecular formula is C25H21F3N4O4. The first-order valence-corrected chi connectivity index (χ1v) is 10.7. The molecule has 0 unspecified atom stereocenters. The maximum atomic E-state index is 13.3. The van der Waals surface area contributed by atoms with Crippen molar-refractivity contribution in [2.45, 2.75) is 26.6 Å². The van der Waals surface area contributed by atoms with Crippen LogP contribution < -0.4 is 15.6 Å². The number of benzene rings is 2. The molecule has 0 saturated carbocycles. The predicted molar refractivity (Wildman–Crippen MR) is 126 cm³/mol. The van der Waals surface area contributed by atoms with Gasteiger partial charge in [-0.1, -0.05) is 11.2 Å². The Kier molecular flexibility index (Phi) is 6.65. The minimum atomic E-state index is -4.55. The summed E-state index contributed by atoms with van der Waals surface area (Å²) in [4.78, 5) is 30.3. The molecule has 0 aliphatic rings. The fourth-order valence-corrected chi connectivity index (χ4v) is 3.68. The van der Waals surface area contributed by atoms with Crippen molar-refractivity contribution >= 4 is 11.6 Å². The highest BCUT2D eigenvalue weighted by Crippen LogP contribution is 2.30. The molecule has 0 aliphatic heterocycles. The number of anilines is 1. The lowest BCUT2D eigenvalue weighted by Gasteiger charge is -2.14. The third kappa shape index (κ3) is 5.14. The first-order chi connectivity index (χ1) is 17.1. The maximum Gasteiger partial charge on any atom is 0.416 e. The summed E-state index contributed by atoms with van der Waals surface area (Å²) in [5, 5.41) is 6.36. The second-order valence-electron chi connectivity index (χ2n) is 8.01. The summed E-state index contributed by atoms with van der Waals surface area (Å²) >= 11 is 0. The molecule has 36 heavy (non-hydrogen) atoms. The first-order valence-electron chi connectivity index (χ1n) is 10.7. The van der Waals surface area contributed by atoms with E-state index in [0.717, 1.165) is 12.1 Å². The number of amides is 1. The zero-order valence-electron chi connectivity index (χ0n) is 19.5. The van der Waals surface area contributed by atoms with E-state index in [1.807, 2.05) is 0 Å². The third-order valence-electron chi connectivity index (χ3n) is 5.47. The van der Waals surface area contributed by atoms with Crippen LogP contribution in [0.15, 0.2) is 63.9 Å². The number of methoxy groups -OCH3 is 1. The van der Waals surface area contributed by atoms with Crippen molar-refractivity contribution in [1.82, 2.24) is 14.7 Å². The van der Waals surface area contributed by atoms with Crippen molar-refractivity contribution in [2.24, 2.45) is 0 Å². The number of carbonyl (C=O) groups excluding carboxylic acids is 1. The largest absolute Gasteiger partial charge is 0.497 e. The molecule has 0 spiro atoms. The summed E-state index contributed by atoms with van der Waals surface area (Å²) < 4.78 is 50.6. The topological polar surface area (TPSA) is 99.3 Å². The highest BCUT2D eigenvalue weighted by Gasteiger charge is 2.30. The normalized spacial score (nSPS) is 11.4. The number of nitrogens with one attached hydrogen (secondary N) is 1. The number of alkyl halides is 3. The van der Waals surface area contributed by atoms with Crippen LogP contribution in [0.25, 0.3) is 22.8 Å². The Hall–Kier alpha value is -4.41.